The number of aromatic nitrogens is 8. The largest absolute Gasteiger partial charge is 0.481 e. The van der Waals surface area contributed by atoms with Crippen LogP contribution in [0, 0.1) is 0 Å². The summed E-state index contributed by atoms with van der Waals surface area (Å²) in [5.41, 5.74) is 6.65. The van der Waals surface area contributed by atoms with E-state index in [4.69, 9.17) is 15.9 Å². The van der Waals surface area contributed by atoms with Crippen molar-refractivity contribution in [3.63, 3.8) is 0 Å². The zero-order valence-electron chi connectivity index (χ0n) is 24.7. The van der Waals surface area contributed by atoms with Crippen LogP contribution in [0.5, 0.6) is 0 Å². The monoisotopic (exact) mass is 635 g/mol. The van der Waals surface area contributed by atoms with E-state index in [1.165, 1.54) is 36.3 Å². The van der Waals surface area contributed by atoms with Gasteiger partial charge in [0.2, 0.25) is 5.95 Å². The van der Waals surface area contributed by atoms with E-state index in [2.05, 4.69) is 35.6 Å². The molecule has 0 spiro atoms. The highest BCUT2D eigenvalue weighted by Crippen LogP contribution is 2.12. The normalized spacial score (nSPS) is 11.5. The molecule has 0 saturated carbocycles. The molecular formula is C27H29N11O8. The van der Waals surface area contributed by atoms with Gasteiger partial charge in [-0.15, -0.1) is 0 Å². The minimum atomic E-state index is -1.31. The number of hydrogen-bond acceptors (Lipinski definition) is 12. The van der Waals surface area contributed by atoms with E-state index in [0.29, 0.717) is 22.5 Å². The fourth-order valence-corrected chi connectivity index (χ4v) is 4.23. The summed E-state index contributed by atoms with van der Waals surface area (Å²) in [6, 6.07) is 4.86. The van der Waals surface area contributed by atoms with Crippen LogP contribution >= 0.6 is 0 Å². The summed E-state index contributed by atoms with van der Waals surface area (Å²) in [7, 11) is 4.77. The molecule has 0 saturated heterocycles. The average Bonchev–Trinajstić information content (AvgIpc) is 3.41. The molecule has 0 bridgehead atoms. The predicted molar refractivity (Wildman–Crippen MR) is 163 cm³/mol. The second-order valence-corrected chi connectivity index (χ2v) is 9.95. The quantitative estimate of drug-likeness (QED) is 0.112. The van der Waals surface area contributed by atoms with Gasteiger partial charge in [0, 0.05) is 38.8 Å². The molecule has 1 aromatic carbocycles. The van der Waals surface area contributed by atoms with Crippen LogP contribution in [0.2, 0.25) is 0 Å². The summed E-state index contributed by atoms with van der Waals surface area (Å²) in [5, 5.41) is 23.2. The number of carboxylic acids is 2. The number of H-pyrrole nitrogens is 1. The first-order chi connectivity index (χ1) is 21.8. The Balaban J connectivity index is 0.000000284. The van der Waals surface area contributed by atoms with E-state index in [9.17, 15) is 28.8 Å². The molecule has 0 radical (unpaired) electrons. The van der Waals surface area contributed by atoms with Crippen molar-refractivity contribution in [2.24, 2.45) is 21.1 Å². The number of nitrogens with one attached hydrogen (secondary N) is 3. The van der Waals surface area contributed by atoms with Crippen molar-refractivity contribution in [2.45, 2.75) is 25.4 Å². The number of nitrogens with zero attached hydrogens (tertiary/aromatic N) is 7. The number of nitrogen functional groups attached to an aromatic ring is 1. The third-order valence-electron chi connectivity index (χ3n) is 6.67. The number of aromatic amines is 1. The highest BCUT2D eigenvalue weighted by molar-refractivity contribution is 5.97. The van der Waals surface area contributed by atoms with Gasteiger partial charge in [0.25, 0.3) is 17.0 Å². The third-order valence-corrected chi connectivity index (χ3v) is 6.67. The standard InChI is InChI=1S/C19H19N7O6.C8H10N4O2/c20-19-25-15-14(17(30)26-19)23-11(8-22-15)7-21-10-3-1-9(2-4-10)16(29)24-12(18(31)32)5-6-13(27)28;1-10-4-9-6-5(10)7(13)12(3)8(14)11(6)2/h1-4,8,12,21H,5-7H2,(H,24,29)(H,27,28)(H,31,32)(H3,20,22,25,26,30);4H,1-3H3/t12-;/m0./s1. The second-order valence-electron chi connectivity index (χ2n) is 9.95. The van der Waals surface area contributed by atoms with Crippen LogP contribution < -0.4 is 33.2 Å². The van der Waals surface area contributed by atoms with E-state index in [-0.39, 0.29) is 53.3 Å². The van der Waals surface area contributed by atoms with Gasteiger partial charge in [-0.05, 0) is 30.7 Å². The first-order valence-corrected chi connectivity index (χ1v) is 13.4. The Labute approximate surface area is 257 Å². The zero-order chi connectivity index (χ0) is 33.7. The van der Waals surface area contributed by atoms with Crippen molar-refractivity contribution in [3.8, 4) is 0 Å². The van der Waals surface area contributed by atoms with Gasteiger partial charge in [0.05, 0.1) is 24.8 Å². The molecule has 4 aromatic heterocycles. The number of fused-ring (bicyclic) bond motifs is 2. The molecule has 0 aliphatic carbocycles. The van der Waals surface area contributed by atoms with Gasteiger partial charge >= 0.3 is 17.6 Å². The van der Waals surface area contributed by atoms with Crippen molar-refractivity contribution in [3.05, 3.63) is 79.2 Å². The minimum absolute atomic E-state index is 0.0524. The Bertz CT molecular complexity index is 2130. The molecule has 0 unspecified atom stereocenters. The highest BCUT2D eigenvalue weighted by Gasteiger charge is 2.21. The predicted octanol–water partition coefficient (Wildman–Crippen LogP) is -1.07. The van der Waals surface area contributed by atoms with Crippen LogP contribution in [-0.2, 0) is 37.3 Å². The number of benzene rings is 1. The number of amides is 1. The number of imidazole rings is 1. The minimum Gasteiger partial charge on any atom is -0.481 e. The van der Waals surface area contributed by atoms with Gasteiger partial charge in [0.1, 0.15) is 6.04 Å². The number of aryl methyl sites for hydroxylation is 2. The van der Waals surface area contributed by atoms with Gasteiger partial charge in [-0.25, -0.2) is 24.5 Å². The van der Waals surface area contributed by atoms with Crippen LogP contribution in [0.1, 0.15) is 28.9 Å². The summed E-state index contributed by atoms with van der Waals surface area (Å²) < 4.78 is 4.04. The summed E-state index contributed by atoms with van der Waals surface area (Å²) in [4.78, 5) is 87.7. The first-order valence-electron chi connectivity index (χ1n) is 13.4. The van der Waals surface area contributed by atoms with Crippen molar-refractivity contribution < 1.29 is 24.6 Å². The summed E-state index contributed by atoms with van der Waals surface area (Å²) >= 11 is 0. The van der Waals surface area contributed by atoms with Crippen LogP contribution in [0.25, 0.3) is 22.3 Å². The molecule has 7 N–H and O–H groups in total. The van der Waals surface area contributed by atoms with Gasteiger partial charge in [-0.1, -0.05) is 0 Å². The lowest BCUT2D eigenvalue weighted by molar-refractivity contribution is -0.140. The molecule has 19 nitrogen and oxygen atoms in total. The summed E-state index contributed by atoms with van der Waals surface area (Å²) in [6.45, 7) is 0.231. The lowest BCUT2D eigenvalue weighted by Crippen LogP contribution is -2.41. The Kier molecular flexibility index (Phi) is 9.54. The molecule has 4 heterocycles. The number of rotatable bonds is 9. The number of carbonyl (C=O) groups is 3. The summed E-state index contributed by atoms with van der Waals surface area (Å²) in [6.07, 6.45) is 2.36. The fraction of sp³-hybridized carbons (Fsp3) is 0.259. The Morgan fingerprint density at radius 1 is 1.00 bits per heavy atom. The summed E-state index contributed by atoms with van der Waals surface area (Å²) in [5.74, 6) is -3.16. The van der Waals surface area contributed by atoms with Crippen molar-refractivity contribution in [1.29, 1.82) is 0 Å². The molecule has 240 valence electrons. The topological polar surface area (TPSA) is 275 Å². The Morgan fingerprint density at radius 2 is 1.70 bits per heavy atom. The SMILES string of the molecule is Cn1c(=O)c2c(ncn2C)n(C)c1=O.Nc1nc2ncc(CNc3ccc(C(=O)N[C@@H](CCC(=O)O)C(=O)O)cc3)nc2c(=O)[nH]1. The highest BCUT2D eigenvalue weighted by atomic mass is 16.4. The van der Waals surface area contributed by atoms with E-state index in [1.54, 1.807) is 30.8 Å². The molecule has 46 heavy (non-hydrogen) atoms. The second kappa shape index (κ2) is 13.5. The first kappa shape index (κ1) is 32.5. The van der Waals surface area contributed by atoms with Crippen molar-refractivity contribution in [2.75, 3.05) is 11.1 Å². The van der Waals surface area contributed by atoms with E-state index < -0.39 is 29.4 Å². The Hall–Kier alpha value is -6.40. The zero-order valence-corrected chi connectivity index (χ0v) is 24.7. The van der Waals surface area contributed by atoms with Gasteiger partial charge in [-0.3, -0.25) is 33.3 Å². The number of carboxylic acid groups (broad SMARTS) is 2. The van der Waals surface area contributed by atoms with Crippen LogP contribution in [0.3, 0.4) is 0 Å². The average molecular weight is 636 g/mol. The number of hydrogen-bond donors (Lipinski definition) is 6. The number of aliphatic carboxylic acids is 2. The fourth-order valence-electron chi connectivity index (χ4n) is 4.23. The maximum absolute atomic E-state index is 12.3. The molecular weight excluding hydrogens is 606 g/mol. The van der Waals surface area contributed by atoms with Crippen LogP contribution in [0.15, 0.2) is 51.2 Å². The van der Waals surface area contributed by atoms with E-state index in [0.717, 1.165) is 4.57 Å². The number of carbonyl (C=O) groups excluding carboxylic acids is 1. The van der Waals surface area contributed by atoms with E-state index in [1.807, 2.05) is 0 Å². The maximum atomic E-state index is 12.3. The van der Waals surface area contributed by atoms with Crippen LogP contribution in [0.4, 0.5) is 11.6 Å². The van der Waals surface area contributed by atoms with Crippen molar-refractivity contribution >= 4 is 51.8 Å². The van der Waals surface area contributed by atoms with E-state index >= 15 is 0 Å². The van der Waals surface area contributed by atoms with Crippen LogP contribution in [-0.4, -0.2) is 72.7 Å². The van der Waals surface area contributed by atoms with Gasteiger partial charge < -0.3 is 31.1 Å². The number of anilines is 2. The van der Waals surface area contributed by atoms with Crippen molar-refractivity contribution in [1.82, 2.24) is 43.9 Å². The van der Waals surface area contributed by atoms with Gasteiger partial charge in [0.15, 0.2) is 22.3 Å². The third kappa shape index (κ3) is 7.21. The molecule has 1 amide bonds. The molecule has 0 aliphatic rings. The Morgan fingerprint density at radius 3 is 2.35 bits per heavy atom. The maximum Gasteiger partial charge on any atom is 0.332 e. The molecule has 5 rings (SSSR count). The number of nitrogens with two attached hydrogens (primary N) is 1. The van der Waals surface area contributed by atoms with Gasteiger partial charge in [-0.2, -0.15) is 4.98 Å². The molecule has 0 aliphatic heterocycles. The molecule has 19 heteroatoms. The lowest BCUT2D eigenvalue weighted by atomic mass is 10.1. The smallest absolute Gasteiger partial charge is 0.332 e. The lowest BCUT2D eigenvalue weighted by Gasteiger charge is -2.14. The molecule has 0 fully saturated rings. The molecule has 5 aromatic rings. The molecule has 1 atom stereocenters.